The molecule has 2 aliphatic heterocycles. The van der Waals surface area contributed by atoms with Crippen molar-refractivity contribution >= 4 is 28.4 Å². The van der Waals surface area contributed by atoms with Crippen molar-refractivity contribution in [2.24, 2.45) is 11.3 Å². The number of piperidine rings is 1. The van der Waals surface area contributed by atoms with Crippen LogP contribution in [0.4, 0.5) is 14.6 Å². The Labute approximate surface area is 294 Å². The predicted molar refractivity (Wildman–Crippen MR) is 192 cm³/mol. The number of aryl methyl sites for hydroxylation is 1. The summed E-state index contributed by atoms with van der Waals surface area (Å²) in [6.45, 7) is 13.9. The first-order valence-corrected chi connectivity index (χ1v) is 18.2. The van der Waals surface area contributed by atoms with E-state index in [1.165, 1.54) is 6.07 Å². The van der Waals surface area contributed by atoms with E-state index in [0.717, 1.165) is 79.3 Å². The lowest BCUT2D eigenvalue weighted by molar-refractivity contribution is -0.119. The van der Waals surface area contributed by atoms with Crippen LogP contribution in [0.5, 0.6) is 11.8 Å². The maximum Gasteiger partial charge on any atom is 0.318 e. The number of aromatic hydroxyl groups is 1. The molecule has 0 radical (unpaired) electrons. The number of carbonyl (C=O) groups excluding carboxylic acids is 2. The van der Waals surface area contributed by atoms with E-state index in [1.807, 2.05) is 25.1 Å². The molecule has 1 aliphatic carbocycles. The van der Waals surface area contributed by atoms with Crippen molar-refractivity contribution in [2.75, 3.05) is 24.6 Å². The van der Waals surface area contributed by atoms with Gasteiger partial charge in [0.15, 0.2) is 0 Å². The molecule has 2 N–H and O–H groups in total. The molecule has 0 spiro atoms. The van der Waals surface area contributed by atoms with Crippen LogP contribution in [0.15, 0.2) is 30.3 Å². The minimum atomic E-state index is -2.73. The monoisotopic (exact) mass is 693 g/mol. The van der Waals surface area contributed by atoms with Gasteiger partial charge in [-0.05, 0) is 73.4 Å². The lowest BCUT2D eigenvalue weighted by Crippen LogP contribution is -2.36. The van der Waals surface area contributed by atoms with E-state index in [-0.39, 0.29) is 43.1 Å². The third-order valence-electron chi connectivity index (χ3n) is 10.4. The molecular weight excluding hydrogens is 640 g/mol. The molecule has 6 rings (SSSR count). The molecule has 1 saturated heterocycles. The number of phenolic OH excluding ortho intramolecular Hbond substituents is 1. The summed E-state index contributed by atoms with van der Waals surface area (Å²) in [6, 6.07) is 9.41. The zero-order valence-electron chi connectivity index (χ0n) is 30.5. The zero-order chi connectivity index (χ0) is 36.2. The van der Waals surface area contributed by atoms with Gasteiger partial charge in [-0.3, -0.25) is 9.59 Å². The first kappa shape index (κ1) is 37.2. The Morgan fingerprint density at radius 1 is 1.12 bits per heavy atom. The Hall–Kier alpha value is -4.02. The normalized spacial score (nSPS) is 20.7. The van der Waals surface area contributed by atoms with Crippen LogP contribution < -0.4 is 15.0 Å². The molecule has 2 aromatic carbocycles. The Balaban J connectivity index is 0.000000383. The number of amides is 2. The number of benzene rings is 2. The Morgan fingerprint density at radius 3 is 2.46 bits per heavy atom. The first-order chi connectivity index (χ1) is 23.8. The molecule has 11 heteroatoms. The number of alkyl halides is 2. The van der Waals surface area contributed by atoms with Crippen molar-refractivity contribution in [3.8, 4) is 11.8 Å². The summed E-state index contributed by atoms with van der Waals surface area (Å²) in [5, 5.41) is 14.9. The molecule has 0 bridgehead atoms. The highest BCUT2D eigenvalue weighted by Crippen LogP contribution is 2.62. The van der Waals surface area contributed by atoms with Crippen molar-refractivity contribution in [1.82, 2.24) is 20.2 Å². The third kappa shape index (κ3) is 8.13. The van der Waals surface area contributed by atoms with Gasteiger partial charge in [-0.1, -0.05) is 58.7 Å². The third-order valence-corrected chi connectivity index (χ3v) is 10.4. The number of fused-ring (bicyclic) bond motifs is 2. The number of phenols is 1. The van der Waals surface area contributed by atoms with E-state index in [9.17, 15) is 23.5 Å². The minimum Gasteiger partial charge on any atom is -0.508 e. The largest absolute Gasteiger partial charge is 0.508 e. The topological polar surface area (TPSA) is 108 Å². The molecule has 1 unspecified atom stereocenters. The summed E-state index contributed by atoms with van der Waals surface area (Å²) >= 11 is 0. The summed E-state index contributed by atoms with van der Waals surface area (Å²) in [5.41, 5.74) is 1.77. The van der Waals surface area contributed by atoms with Gasteiger partial charge in [0.2, 0.25) is 5.91 Å². The van der Waals surface area contributed by atoms with Crippen molar-refractivity contribution in [2.45, 2.75) is 118 Å². The van der Waals surface area contributed by atoms with E-state index in [0.29, 0.717) is 36.2 Å². The second-order valence-corrected chi connectivity index (χ2v) is 14.6. The molecule has 1 aromatic heterocycles. The van der Waals surface area contributed by atoms with Crippen LogP contribution in [-0.2, 0) is 17.9 Å². The van der Waals surface area contributed by atoms with Gasteiger partial charge in [0, 0.05) is 38.0 Å². The Bertz CT molecular complexity index is 1690. The molecule has 3 aliphatic rings. The fraction of sp³-hybridized carbons (Fsp3) is 0.590. The number of halogens is 2. The van der Waals surface area contributed by atoms with Gasteiger partial charge in [0.25, 0.3) is 11.8 Å². The molecule has 50 heavy (non-hydrogen) atoms. The van der Waals surface area contributed by atoms with Crippen LogP contribution in [0.2, 0.25) is 0 Å². The number of hydrogen-bond acceptors (Lipinski definition) is 7. The number of hydrogen-bond donors (Lipinski definition) is 2. The van der Waals surface area contributed by atoms with Crippen molar-refractivity contribution < 1.29 is 28.2 Å². The van der Waals surface area contributed by atoms with Gasteiger partial charge < -0.3 is 25.0 Å². The number of aromatic nitrogens is 2. The van der Waals surface area contributed by atoms with E-state index < -0.39 is 11.3 Å². The quantitative estimate of drug-likeness (QED) is 0.210. The van der Waals surface area contributed by atoms with Crippen LogP contribution in [0.3, 0.4) is 0 Å². The summed E-state index contributed by atoms with van der Waals surface area (Å²) in [4.78, 5) is 37.8. The predicted octanol–water partition coefficient (Wildman–Crippen LogP) is 7.94. The standard InChI is InChI=1S/C30H34F2N4O3.C9H19NO/c1-4-29(16-30(29,31)32)17-39-28-33-24-15-36(14-23(24)26(34-28)35-10-6-7-18(2)13-35)27(38)22-12-21(37)11-20-9-5-8-19(3)25(20)22;1-4-6-9(7-5-2)10-8(3)11/h5,8-9,11-12,18,37H,4,6-7,10,13-17H2,1-3H3;9H,4-7H2,1-3H3,(H,10,11)/t18?,29-;/m0./s1. The van der Waals surface area contributed by atoms with Gasteiger partial charge in [-0.25, -0.2) is 8.78 Å². The average Bonchev–Trinajstić information content (AvgIpc) is 3.38. The second kappa shape index (κ2) is 15.5. The van der Waals surface area contributed by atoms with Crippen molar-refractivity contribution in [3.05, 3.63) is 52.7 Å². The molecule has 1 saturated carbocycles. The number of nitrogens with one attached hydrogen (secondary N) is 1. The van der Waals surface area contributed by atoms with Gasteiger partial charge in [0.1, 0.15) is 18.2 Å². The van der Waals surface area contributed by atoms with Crippen LogP contribution in [0.25, 0.3) is 10.8 Å². The summed E-state index contributed by atoms with van der Waals surface area (Å²) in [5.74, 6) is -1.59. The molecule has 3 heterocycles. The van der Waals surface area contributed by atoms with Gasteiger partial charge in [-0.15, -0.1) is 0 Å². The summed E-state index contributed by atoms with van der Waals surface area (Å²) < 4.78 is 34.0. The minimum absolute atomic E-state index is 0.0355. The number of rotatable bonds is 11. The van der Waals surface area contributed by atoms with E-state index in [2.05, 4.69) is 36.0 Å². The molecule has 3 aromatic rings. The molecule has 9 nitrogen and oxygen atoms in total. The lowest BCUT2D eigenvalue weighted by Gasteiger charge is -2.33. The average molecular weight is 694 g/mol. The highest BCUT2D eigenvalue weighted by atomic mass is 19.3. The lowest BCUT2D eigenvalue weighted by atomic mass is 9.98. The van der Waals surface area contributed by atoms with Gasteiger partial charge in [0.05, 0.1) is 29.8 Å². The van der Waals surface area contributed by atoms with Crippen LogP contribution in [-0.4, -0.2) is 63.4 Å². The summed E-state index contributed by atoms with van der Waals surface area (Å²) in [7, 11) is 0. The number of anilines is 1. The number of nitrogens with zero attached hydrogens (tertiary/aromatic N) is 4. The van der Waals surface area contributed by atoms with Crippen LogP contribution >= 0.6 is 0 Å². The van der Waals surface area contributed by atoms with E-state index in [1.54, 1.807) is 24.8 Å². The fourth-order valence-electron chi connectivity index (χ4n) is 7.50. The number of carbonyl (C=O) groups is 2. The highest BCUT2D eigenvalue weighted by molar-refractivity contribution is 6.09. The zero-order valence-corrected chi connectivity index (χ0v) is 30.5. The molecule has 2 amide bonds. The van der Waals surface area contributed by atoms with Crippen molar-refractivity contribution in [1.29, 1.82) is 0 Å². The second-order valence-electron chi connectivity index (χ2n) is 14.6. The maximum atomic E-state index is 14.1. The SMILES string of the molecule is CCCC(CCC)NC(C)=O.CC[C@@]1(COc2nc3c(c(N4CCCC(C)C4)n2)CN(C(=O)c2cc(O)cc4cccc(C)c24)C3)CC1(F)F. The van der Waals surface area contributed by atoms with E-state index in [4.69, 9.17) is 9.72 Å². The Kier molecular flexibility index (Phi) is 11.5. The first-order valence-electron chi connectivity index (χ1n) is 18.2. The molecule has 2 atom stereocenters. The Morgan fingerprint density at radius 2 is 1.84 bits per heavy atom. The molecule has 272 valence electrons. The molecular formula is C39H53F2N5O4. The number of ether oxygens (including phenoxy) is 1. The fourth-order valence-corrected chi connectivity index (χ4v) is 7.50. The van der Waals surface area contributed by atoms with Crippen LogP contribution in [0, 0.1) is 18.3 Å². The molecule has 2 fully saturated rings. The van der Waals surface area contributed by atoms with Gasteiger partial charge >= 0.3 is 6.01 Å². The van der Waals surface area contributed by atoms with E-state index >= 15 is 0 Å². The smallest absolute Gasteiger partial charge is 0.318 e. The van der Waals surface area contributed by atoms with Gasteiger partial charge in [-0.2, -0.15) is 9.97 Å². The maximum absolute atomic E-state index is 14.1. The van der Waals surface area contributed by atoms with Crippen LogP contribution in [0.1, 0.15) is 113 Å². The summed E-state index contributed by atoms with van der Waals surface area (Å²) in [6.07, 6.45) is 6.80. The van der Waals surface area contributed by atoms with Crippen molar-refractivity contribution in [3.63, 3.8) is 0 Å². The highest BCUT2D eigenvalue weighted by Gasteiger charge is 2.70.